The summed E-state index contributed by atoms with van der Waals surface area (Å²) in [5, 5.41) is 17.8. The summed E-state index contributed by atoms with van der Waals surface area (Å²) < 4.78 is 0. The molecule has 4 N–H and O–H groups in total. The molecule has 0 aliphatic rings. The van der Waals surface area contributed by atoms with E-state index < -0.39 is 28.5 Å². The molecule has 0 radical (unpaired) electrons. The van der Waals surface area contributed by atoms with Crippen LogP contribution in [0.3, 0.4) is 0 Å². The smallest absolute Gasteiger partial charge is 0.0787 e. The van der Waals surface area contributed by atoms with Gasteiger partial charge < -0.3 is 15.9 Å². The van der Waals surface area contributed by atoms with E-state index in [2.05, 4.69) is 6.92 Å². The Morgan fingerprint density at radius 3 is 1.76 bits per heavy atom. The van der Waals surface area contributed by atoms with Gasteiger partial charge in [0.05, 0.1) is 28.5 Å². The highest BCUT2D eigenvalue weighted by molar-refractivity contribution is 6.25. The van der Waals surface area contributed by atoms with Gasteiger partial charge in [0.25, 0.3) is 0 Å². The van der Waals surface area contributed by atoms with Crippen LogP contribution in [0.25, 0.3) is 0 Å². The van der Waals surface area contributed by atoms with Gasteiger partial charge in [-0.05, 0) is 20.3 Å². The van der Waals surface area contributed by atoms with Crippen molar-refractivity contribution in [3.8, 4) is 0 Å². The molecule has 0 aromatic rings. The van der Waals surface area contributed by atoms with Gasteiger partial charge in [-0.1, -0.05) is 26.2 Å². The summed E-state index contributed by atoms with van der Waals surface area (Å²) in [6.07, 6.45) is 2.06. The standard InChI is InChI=1S/C12H25Cl2NO2/c1-4-5-6-7-12(15,10(13)8(2)16)11(14)9(3)17/h8-11,16-17H,4-7,15H2,1-3H3. The summed E-state index contributed by atoms with van der Waals surface area (Å²) in [5.41, 5.74) is 5.29. The Kier molecular flexibility index (Phi) is 8.01. The van der Waals surface area contributed by atoms with Crippen LogP contribution >= 0.6 is 23.2 Å². The predicted octanol–water partition coefficient (Wildman–Crippen LogP) is 2.24. The van der Waals surface area contributed by atoms with Crippen molar-refractivity contribution in [2.24, 2.45) is 5.73 Å². The molecule has 0 rings (SSSR count). The summed E-state index contributed by atoms with van der Waals surface area (Å²) >= 11 is 12.3. The van der Waals surface area contributed by atoms with Crippen molar-refractivity contribution in [1.82, 2.24) is 0 Å². The minimum atomic E-state index is -0.958. The van der Waals surface area contributed by atoms with Crippen LogP contribution in [-0.4, -0.2) is 38.7 Å². The zero-order valence-electron chi connectivity index (χ0n) is 10.9. The number of halogens is 2. The second-order valence-corrected chi connectivity index (χ2v) is 5.79. The van der Waals surface area contributed by atoms with Crippen molar-refractivity contribution in [2.75, 3.05) is 0 Å². The SMILES string of the molecule is CCCCCC(N)(C(Cl)C(C)O)C(Cl)C(C)O. The van der Waals surface area contributed by atoms with Crippen LogP contribution in [0, 0.1) is 0 Å². The molecule has 0 aromatic carbocycles. The first-order valence-electron chi connectivity index (χ1n) is 6.20. The van der Waals surface area contributed by atoms with Crippen LogP contribution in [0.5, 0.6) is 0 Å². The average molecular weight is 286 g/mol. The Bertz CT molecular complexity index is 199. The van der Waals surface area contributed by atoms with Crippen LogP contribution in [0.15, 0.2) is 0 Å². The van der Waals surface area contributed by atoms with Gasteiger partial charge in [0.15, 0.2) is 0 Å². The summed E-state index contributed by atoms with van der Waals surface area (Å²) in [6, 6.07) is 0. The third-order valence-electron chi connectivity index (χ3n) is 3.09. The number of hydrogen-bond donors (Lipinski definition) is 3. The molecule has 0 saturated heterocycles. The molecule has 104 valence electrons. The van der Waals surface area contributed by atoms with Gasteiger partial charge in [-0.3, -0.25) is 0 Å². The number of unbranched alkanes of at least 4 members (excludes halogenated alkanes) is 2. The number of aliphatic hydroxyl groups is 2. The quantitative estimate of drug-likeness (QED) is 0.473. The Morgan fingerprint density at radius 1 is 1.06 bits per heavy atom. The van der Waals surface area contributed by atoms with E-state index in [1.54, 1.807) is 13.8 Å². The van der Waals surface area contributed by atoms with Crippen LogP contribution < -0.4 is 5.73 Å². The summed E-state index contributed by atoms with van der Waals surface area (Å²) in [7, 11) is 0. The topological polar surface area (TPSA) is 66.5 Å². The van der Waals surface area contributed by atoms with E-state index in [1.165, 1.54) is 0 Å². The Balaban J connectivity index is 4.79. The van der Waals surface area contributed by atoms with Gasteiger partial charge in [0.2, 0.25) is 0 Å². The minimum Gasteiger partial charge on any atom is -0.392 e. The fourth-order valence-electron chi connectivity index (χ4n) is 2.01. The van der Waals surface area contributed by atoms with Gasteiger partial charge in [0, 0.05) is 0 Å². The van der Waals surface area contributed by atoms with Crippen molar-refractivity contribution in [1.29, 1.82) is 0 Å². The monoisotopic (exact) mass is 285 g/mol. The van der Waals surface area contributed by atoms with Crippen molar-refractivity contribution in [3.05, 3.63) is 0 Å². The van der Waals surface area contributed by atoms with Gasteiger partial charge >= 0.3 is 0 Å². The van der Waals surface area contributed by atoms with E-state index >= 15 is 0 Å². The molecule has 4 unspecified atom stereocenters. The van der Waals surface area contributed by atoms with Gasteiger partial charge in [-0.15, -0.1) is 23.2 Å². The molecular formula is C12H25Cl2NO2. The minimum absolute atomic E-state index is 0.596. The fourth-order valence-corrected chi connectivity index (χ4v) is 2.56. The van der Waals surface area contributed by atoms with Crippen LogP contribution in [0.1, 0.15) is 46.5 Å². The molecule has 0 aliphatic heterocycles. The lowest BCUT2D eigenvalue weighted by atomic mass is 9.82. The number of aliphatic hydroxyl groups excluding tert-OH is 2. The second-order valence-electron chi connectivity index (χ2n) is 4.85. The molecule has 5 heteroatoms. The van der Waals surface area contributed by atoms with E-state index in [-0.39, 0.29) is 0 Å². The first-order valence-corrected chi connectivity index (χ1v) is 7.07. The molecule has 0 bridgehead atoms. The molecule has 0 fully saturated rings. The number of alkyl halides is 2. The summed E-state index contributed by atoms with van der Waals surface area (Å²) in [6.45, 7) is 5.27. The van der Waals surface area contributed by atoms with Gasteiger partial charge in [0.1, 0.15) is 0 Å². The molecule has 0 amide bonds. The summed E-state index contributed by atoms with van der Waals surface area (Å²) in [4.78, 5) is 0. The molecule has 0 heterocycles. The molecule has 17 heavy (non-hydrogen) atoms. The maximum atomic E-state index is 9.59. The highest BCUT2D eigenvalue weighted by Gasteiger charge is 2.44. The van der Waals surface area contributed by atoms with Crippen molar-refractivity contribution >= 4 is 23.2 Å². The van der Waals surface area contributed by atoms with E-state index in [1.807, 2.05) is 0 Å². The average Bonchev–Trinajstić information content (AvgIpc) is 2.26. The third kappa shape index (κ3) is 4.92. The third-order valence-corrected chi connectivity index (χ3v) is 4.63. The number of rotatable bonds is 8. The van der Waals surface area contributed by atoms with Crippen molar-refractivity contribution in [2.45, 2.75) is 75.0 Å². The Morgan fingerprint density at radius 2 is 1.47 bits per heavy atom. The van der Waals surface area contributed by atoms with Crippen molar-refractivity contribution in [3.63, 3.8) is 0 Å². The molecule has 4 atom stereocenters. The zero-order chi connectivity index (χ0) is 13.6. The molecule has 0 saturated carbocycles. The van der Waals surface area contributed by atoms with E-state index in [0.29, 0.717) is 6.42 Å². The van der Waals surface area contributed by atoms with Gasteiger partial charge in [-0.25, -0.2) is 0 Å². The predicted molar refractivity (Wildman–Crippen MR) is 73.7 cm³/mol. The highest BCUT2D eigenvalue weighted by Crippen LogP contribution is 2.32. The van der Waals surface area contributed by atoms with Gasteiger partial charge in [-0.2, -0.15) is 0 Å². The van der Waals surface area contributed by atoms with Crippen LogP contribution in [0.4, 0.5) is 0 Å². The fraction of sp³-hybridized carbons (Fsp3) is 1.00. The maximum Gasteiger partial charge on any atom is 0.0787 e. The highest BCUT2D eigenvalue weighted by atomic mass is 35.5. The first-order chi connectivity index (χ1) is 7.77. The largest absolute Gasteiger partial charge is 0.392 e. The Labute approximate surface area is 114 Å². The molecule has 0 aromatic heterocycles. The van der Waals surface area contributed by atoms with E-state index in [0.717, 1.165) is 19.3 Å². The molecule has 0 spiro atoms. The van der Waals surface area contributed by atoms with E-state index in [4.69, 9.17) is 28.9 Å². The van der Waals surface area contributed by atoms with Crippen LogP contribution in [-0.2, 0) is 0 Å². The lowest BCUT2D eigenvalue weighted by Crippen LogP contribution is -2.61. The van der Waals surface area contributed by atoms with E-state index in [9.17, 15) is 10.2 Å². The molecule has 3 nitrogen and oxygen atoms in total. The lowest BCUT2D eigenvalue weighted by Gasteiger charge is -2.40. The molecular weight excluding hydrogens is 261 g/mol. The first kappa shape index (κ1) is 17.5. The van der Waals surface area contributed by atoms with Crippen molar-refractivity contribution < 1.29 is 10.2 Å². The number of nitrogens with two attached hydrogens (primary N) is 1. The number of hydrogen-bond acceptors (Lipinski definition) is 3. The normalized spacial score (nSPS) is 22.6. The zero-order valence-corrected chi connectivity index (χ0v) is 12.4. The maximum absolute atomic E-state index is 9.59. The Hall–Kier alpha value is 0.460. The summed E-state index contributed by atoms with van der Waals surface area (Å²) in [5.74, 6) is 0. The lowest BCUT2D eigenvalue weighted by molar-refractivity contribution is 0.106. The molecule has 0 aliphatic carbocycles. The van der Waals surface area contributed by atoms with Crippen LogP contribution in [0.2, 0.25) is 0 Å². The second kappa shape index (κ2) is 7.80.